The number of hydrogen-bond donors (Lipinski definition) is 0. The van der Waals surface area contributed by atoms with Gasteiger partial charge in [-0.15, -0.1) is 10.2 Å². The molecule has 1 aromatic heterocycles. The Morgan fingerprint density at radius 2 is 0.913 bits per heavy atom. The number of nitrogens with zero attached hydrogens (tertiary/aromatic N) is 2. The van der Waals surface area contributed by atoms with Crippen LogP contribution in [0.5, 0.6) is 11.5 Å². The molecular formula is C39H47F3N2O2. The number of unbranched alkanes of at least 4 members (excludes halogenated alkanes) is 10. The Morgan fingerprint density at radius 1 is 0.500 bits per heavy atom. The topological polar surface area (TPSA) is 44.2 Å². The Bertz CT molecular complexity index is 1440. The molecule has 0 atom stereocenters. The van der Waals surface area contributed by atoms with Gasteiger partial charge in [-0.2, -0.15) is 13.2 Å². The van der Waals surface area contributed by atoms with Crippen molar-refractivity contribution in [2.45, 2.75) is 97.1 Å². The number of ether oxygens (including phenoxy) is 2. The van der Waals surface area contributed by atoms with Gasteiger partial charge in [-0.3, -0.25) is 0 Å². The van der Waals surface area contributed by atoms with Gasteiger partial charge in [0, 0.05) is 11.1 Å². The van der Waals surface area contributed by atoms with Crippen LogP contribution in [0.25, 0.3) is 33.6 Å². The summed E-state index contributed by atoms with van der Waals surface area (Å²) in [4.78, 5) is 0. The second kappa shape index (κ2) is 18.3. The van der Waals surface area contributed by atoms with Gasteiger partial charge < -0.3 is 9.47 Å². The smallest absolute Gasteiger partial charge is 0.418 e. The van der Waals surface area contributed by atoms with Crippen LogP contribution >= 0.6 is 0 Å². The summed E-state index contributed by atoms with van der Waals surface area (Å²) in [5, 5.41) is 8.23. The summed E-state index contributed by atoms with van der Waals surface area (Å²) in [6.07, 6.45) is 9.69. The maximum Gasteiger partial charge on any atom is 0.418 e. The van der Waals surface area contributed by atoms with Gasteiger partial charge >= 0.3 is 6.18 Å². The number of aromatic nitrogens is 2. The minimum atomic E-state index is -4.59. The van der Waals surface area contributed by atoms with E-state index in [1.165, 1.54) is 57.8 Å². The lowest BCUT2D eigenvalue weighted by atomic mass is 10.0. The number of benzene rings is 3. The molecule has 0 saturated heterocycles. The normalized spacial score (nSPS) is 11.5. The van der Waals surface area contributed by atoms with Gasteiger partial charge in [-0.25, -0.2) is 0 Å². The first-order chi connectivity index (χ1) is 22.4. The number of halogens is 3. The van der Waals surface area contributed by atoms with E-state index in [-0.39, 0.29) is 11.4 Å². The van der Waals surface area contributed by atoms with E-state index < -0.39 is 11.7 Å². The molecular weight excluding hydrogens is 585 g/mol. The van der Waals surface area contributed by atoms with Crippen LogP contribution in [0.2, 0.25) is 0 Å². The van der Waals surface area contributed by atoms with Crippen LogP contribution < -0.4 is 9.47 Å². The van der Waals surface area contributed by atoms with Crippen molar-refractivity contribution in [2.24, 2.45) is 0 Å². The molecule has 0 unspecified atom stereocenters. The minimum absolute atomic E-state index is 0.167. The molecule has 0 aliphatic carbocycles. The van der Waals surface area contributed by atoms with Gasteiger partial charge in [0.05, 0.1) is 24.5 Å². The van der Waals surface area contributed by atoms with Crippen LogP contribution in [0.15, 0.2) is 78.9 Å². The second-order valence-corrected chi connectivity index (χ2v) is 11.8. The van der Waals surface area contributed by atoms with E-state index in [9.17, 15) is 13.2 Å². The van der Waals surface area contributed by atoms with E-state index in [4.69, 9.17) is 9.47 Å². The third-order valence-electron chi connectivity index (χ3n) is 8.13. The molecule has 1 heterocycles. The number of hydrogen-bond acceptors (Lipinski definition) is 4. The van der Waals surface area contributed by atoms with E-state index in [2.05, 4.69) is 24.0 Å². The predicted octanol–water partition coefficient (Wildman–Crippen LogP) is 12.0. The highest BCUT2D eigenvalue weighted by atomic mass is 19.4. The lowest BCUT2D eigenvalue weighted by molar-refractivity contribution is -0.137. The monoisotopic (exact) mass is 632 g/mol. The lowest BCUT2D eigenvalue weighted by Gasteiger charge is -2.14. The third-order valence-corrected chi connectivity index (χ3v) is 8.13. The molecule has 4 aromatic rings. The van der Waals surface area contributed by atoms with E-state index in [1.54, 1.807) is 36.4 Å². The maximum atomic E-state index is 14.2. The summed E-state index contributed by atoms with van der Waals surface area (Å²) in [5.41, 5.74) is 1.99. The Kier molecular flexibility index (Phi) is 13.9. The molecule has 0 fully saturated rings. The molecule has 0 aliphatic heterocycles. The van der Waals surface area contributed by atoms with Crippen molar-refractivity contribution < 1.29 is 22.6 Å². The molecule has 3 aromatic carbocycles. The van der Waals surface area contributed by atoms with Crippen molar-refractivity contribution in [1.82, 2.24) is 10.2 Å². The van der Waals surface area contributed by atoms with Gasteiger partial charge in [0.15, 0.2) is 0 Å². The molecule has 0 N–H and O–H groups in total. The summed E-state index contributed by atoms with van der Waals surface area (Å²) in [6.45, 7) is 5.71. The molecule has 7 heteroatoms. The van der Waals surface area contributed by atoms with E-state index in [0.717, 1.165) is 42.2 Å². The lowest BCUT2D eigenvalue weighted by Crippen LogP contribution is -2.10. The number of alkyl halides is 3. The molecule has 0 bridgehead atoms. The Morgan fingerprint density at radius 3 is 1.39 bits per heavy atom. The van der Waals surface area contributed by atoms with Gasteiger partial charge in [0.25, 0.3) is 0 Å². The van der Waals surface area contributed by atoms with Gasteiger partial charge in [0.2, 0.25) is 0 Å². The van der Waals surface area contributed by atoms with Gasteiger partial charge in [-0.1, -0.05) is 114 Å². The summed E-state index contributed by atoms with van der Waals surface area (Å²) in [7, 11) is 0. The Hall–Kier alpha value is -3.87. The van der Waals surface area contributed by atoms with Crippen LogP contribution in [0, 0.1) is 0 Å². The molecule has 46 heavy (non-hydrogen) atoms. The molecule has 0 aliphatic rings. The zero-order chi connectivity index (χ0) is 32.6. The van der Waals surface area contributed by atoms with Crippen LogP contribution in [0.3, 0.4) is 0 Å². The molecule has 0 amide bonds. The summed E-state index contributed by atoms with van der Waals surface area (Å²) in [6, 6.07) is 22.9. The fraction of sp³-hybridized carbons (Fsp3) is 0.436. The highest BCUT2D eigenvalue weighted by molar-refractivity contribution is 5.71. The van der Waals surface area contributed by atoms with Crippen molar-refractivity contribution in [3.8, 4) is 45.1 Å². The fourth-order valence-electron chi connectivity index (χ4n) is 5.39. The number of rotatable bonds is 19. The molecule has 0 radical (unpaired) electrons. The molecule has 4 nitrogen and oxygen atoms in total. The van der Waals surface area contributed by atoms with Crippen molar-refractivity contribution in [3.05, 3.63) is 84.4 Å². The van der Waals surface area contributed by atoms with Crippen molar-refractivity contribution >= 4 is 0 Å². The Balaban J connectivity index is 1.36. The maximum absolute atomic E-state index is 14.2. The van der Waals surface area contributed by atoms with Gasteiger partial charge in [-0.05, 0) is 66.4 Å². The average molecular weight is 633 g/mol. The molecule has 0 spiro atoms. The van der Waals surface area contributed by atoms with Crippen molar-refractivity contribution in [2.75, 3.05) is 13.2 Å². The predicted molar refractivity (Wildman–Crippen MR) is 181 cm³/mol. The average Bonchev–Trinajstić information content (AvgIpc) is 3.07. The quantitative estimate of drug-likeness (QED) is 0.0965. The van der Waals surface area contributed by atoms with Gasteiger partial charge in [0.1, 0.15) is 17.2 Å². The van der Waals surface area contributed by atoms with Crippen LogP contribution in [0.4, 0.5) is 13.2 Å². The van der Waals surface area contributed by atoms with Crippen molar-refractivity contribution in [3.63, 3.8) is 0 Å². The molecule has 0 saturated carbocycles. The van der Waals surface area contributed by atoms with E-state index in [1.807, 2.05) is 36.4 Å². The SMILES string of the molecule is CCCCCCCCOc1ccc(-c2ccc(-c3cc(C(F)(F)F)c(-c4ccc(OCCCCCCCC)cc4)nn3)cc2)cc1. The first-order valence-electron chi connectivity index (χ1n) is 16.9. The van der Waals surface area contributed by atoms with Crippen LogP contribution in [-0.4, -0.2) is 23.4 Å². The first-order valence-corrected chi connectivity index (χ1v) is 16.9. The highest BCUT2D eigenvalue weighted by Gasteiger charge is 2.35. The zero-order valence-electron chi connectivity index (χ0n) is 27.2. The zero-order valence-corrected chi connectivity index (χ0v) is 27.2. The standard InChI is InChI=1S/C39H47F3N2O2/c1-3-5-7-9-11-13-27-45-34-23-19-31(20-24-34)30-15-17-32(18-16-30)37-29-36(39(40,41)42)38(44-43-37)33-21-25-35(26-22-33)46-28-14-12-10-8-6-4-2/h15-26,29H,3-14,27-28H2,1-2H3. The summed E-state index contributed by atoms with van der Waals surface area (Å²) >= 11 is 0. The second-order valence-electron chi connectivity index (χ2n) is 11.8. The molecule has 246 valence electrons. The Labute approximate surface area is 272 Å². The first kappa shape index (κ1) is 35.0. The molecule has 4 rings (SSSR count). The fourth-order valence-corrected chi connectivity index (χ4v) is 5.39. The van der Waals surface area contributed by atoms with E-state index in [0.29, 0.717) is 30.1 Å². The van der Waals surface area contributed by atoms with Crippen molar-refractivity contribution in [1.29, 1.82) is 0 Å². The van der Waals surface area contributed by atoms with Crippen LogP contribution in [-0.2, 0) is 6.18 Å². The largest absolute Gasteiger partial charge is 0.494 e. The third kappa shape index (κ3) is 10.9. The van der Waals surface area contributed by atoms with Crippen LogP contribution in [0.1, 0.15) is 96.5 Å². The minimum Gasteiger partial charge on any atom is -0.494 e. The highest BCUT2D eigenvalue weighted by Crippen LogP contribution is 2.38. The van der Waals surface area contributed by atoms with E-state index >= 15 is 0 Å². The summed E-state index contributed by atoms with van der Waals surface area (Å²) in [5.74, 6) is 1.46. The summed E-state index contributed by atoms with van der Waals surface area (Å²) < 4.78 is 54.3.